The van der Waals surface area contributed by atoms with Crippen molar-refractivity contribution in [2.24, 2.45) is 0 Å². The van der Waals surface area contributed by atoms with E-state index in [1.54, 1.807) is 7.11 Å². The molecule has 0 N–H and O–H groups in total. The second-order valence-corrected chi connectivity index (χ2v) is 7.11. The fraction of sp³-hybridized carbons (Fsp3) is 0.565. The van der Waals surface area contributed by atoms with Gasteiger partial charge in [-0.15, -0.1) is 10.2 Å². The molecule has 1 heterocycles. The fourth-order valence-corrected chi connectivity index (χ4v) is 2.79. The molecule has 5 nitrogen and oxygen atoms in total. The molecule has 0 bridgehead atoms. The predicted molar refractivity (Wildman–Crippen MR) is 113 cm³/mol. The van der Waals surface area contributed by atoms with Gasteiger partial charge in [-0.2, -0.15) is 0 Å². The van der Waals surface area contributed by atoms with Crippen molar-refractivity contribution in [3.63, 3.8) is 0 Å². The second kappa shape index (κ2) is 13.1. The summed E-state index contributed by atoms with van der Waals surface area (Å²) in [7, 11) is 1.68. The highest BCUT2D eigenvalue weighted by atomic mass is 16.5. The molecular formula is C23H34N2O3. The van der Waals surface area contributed by atoms with Crippen LogP contribution in [0.5, 0.6) is 11.6 Å². The lowest BCUT2D eigenvalue weighted by Gasteiger charge is -2.11. The largest absolute Gasteiger partial charge is 0.491 e. The second-order valence-electron chi connectivity index (χ2n) is 7.11. The summed E-state index contributed by atoms with van der Waals surface area (Å²) in [6.07, 6.45) is 8.97. The molecule has 0 aliphatic heterocycles. The molecular weight excluding hydrogens is 352 g/mol. The summed E-state index contributed by atoms with van der Waals surface area (Å²) in [6, 6.07) is 11.7. The molecule has 2 rings (SSSR count). The van der Waals surface area contributed by atoms with Crippen LogP contribution in [0.1, 0.15) is 58.8 Å². The minimum Gasteiger partial charge on any atom is -0.491 e. The zero-order valence-corrected chi connectivity index (χ0v) is 17.5. The van der Waals surface area contributed by atoms with Crippen LogP contribution in [-0.4, -0.2) is 36.6 Å². The molecule has 1 unspecified atom stereocenters. The highest BCUT2D eigenvalue weighted by Gasteiger charge is 2.04. The minimum atomic E-state index is 0.0687. The topological polar surface area (TPSA) is 53.5 Å². The summed E-state index contributed by atoms with van der Waals surface area (Å²) < 4.78 is 16.6. The van der Waals surface area contributed by atoms with E-state index in [4.69, 9.17) is 14.2 Å². The molecule has 0 fully saturated rings. The number of rotatable bonds is 14. The van der Waals surface area contributed by atoms with Gasteiger partial charge in [0.05, 0.1) is 18.4 Å². The Morgan fingerprint density at radius 3 is 2.18 bits per heavy atom. The summed E-state index contributed by atoms with van der Waals surface area (Å²) in [6.45, 7) is 5.45. The van der Waals surface area contributed by atoms with Gasteiger partial charge in [-0.3, -0.25) is 0 Å². The maximum absolute atomic E-state index is 5.70. The molecule has 0 saturated heterocycles. The summed E-state index contributed by atoms with van der Waals surface area (Å²) in [5.41, 5.74) is 1.82. The molecule has 5 heteroatoms. The molecule has 28 heavy (non-hydrogen) atoms. The molecule has 0 amide bonds. The Kier molecular flexibility index (Phi) is 10.4. The van der Waals surface area contributed by atoms with Crippen molar-refractivity contribution in [2.75, 3.05) is 20.3 Å². The summed E-state index contributed by atoms with van der Waals surface area (Å²) >= 11 is 0. The maximum atomic E-state index is 5.70. The van der Waals surface area contributed by atoms with Crippen molar-refractivity contribution in [1.29, 1.82) is 0 Å². The number of benzene rings is 1. The van der Waals surface area contributed by atoms with Gasteiger partial charge < -0.3 is 14.2 Å². The molecule has 0 spiro atoms. The van der Waals surface area contributed by atoms with Gasteiger partial charge in [-0.1, -0.05) is 45.4 Å². The molecule has 0 aliphatic carbocycles. The fourth-order valence-electron chi connectivity index (χ4n) is 2.79. The lowest BCUT2D eigenvalue weighted by molar-refractivity contribution is 0.0717. The van der Waals surface area contributed by atoms with Gasteiger partial charge in [0.15, 0.2) is 0 Å². The average Bonchev–Trinajstić information content (AvgIpc) is 2.74. The van der Waals surface area contributed by atoms with Crippen molar-refractivity contribution in [3.8, 4) is 22.9 Å². The predicted octanol–water partition coefficient (Wildman–Crippen LogP) is 5.69. The van der Waals surface area contributed by atoms with Crippen LogP contribution in [0.3, 0.4) is 0 Å². The van der Waals surface area contributed by atoms with Crippen molar-refractivity contribution in [1.82, 2.24) is 10.2 Å². The number of aromatic nitrogens is 2. The Morgan fingerprint density at radius 2 is 1.54 bits per heavy atom. The van der Waals surface area contributed by atoms with E-state index < -0.39 is 0 Å². The SMILES string of the molecule is CCCCCCCCCOc1ccc(-c2ccc(OCC(C)OC)cc2)nn1. The van der Waals surface area contributed by atoms with Crippen LogP contribution >= 0.6 is 0 Å². The standard InChI is InChI=1S/C23H34N2O3/c1-4-5-6-7-8-9-10-17-27-23-16-15-22(24-25-23)20-11-13-21(14-12-20)28-18-19(2)26-3/h11-16,19H,4-10,17-18H2,1-3H3. The Balaban J connectivity index is 1.71. The van der Waals surface area contributed by atoms with E-state index >= 15 is 0 Å². The van der Waals surface area contributed by atoms with Crippen LogP contribution in [0.4, 0.5) is 0 Å². The van der Waals surface area contributed by atoms with Crippen LogP contribution in [0.2, 0.25) is 0 Å². The van der Waals surface area contributed by atoms with E-state index in [2.05, 4.69) is 17.1 Å². The third-order valence-corrected chi connectivity index (χ3v) is 4.68. The van der Waals surface area contributed by atoms with E-state index in [1.807, 2.05) is 43.3 Å². The zero-order valence-electron chi connectivity index (χ0n) is 17.5. The number of nitrogens with zero attached hydrogens (tertiary/aromatic N) is 2. The molecule has 1 aromatic carbocycles. The van der Waals surface area contributed by atoms with Crippen LogP contribution in [0.15, 0.2) is 36.4 Å². The molecule has 2 aromatic rings. The number of hydrogen-bond donors (Lipinski definition) is 0. The third kappa shape index (κ3) is 8.26. The Morgan fingerprint density at radius 1 is 0.821 bits per heavy atom. The first kappa shape index (κ1) is 22.2. The highest BCUT2D eigenvalue weighted by Crippen LogP contribution is 2.21. The van der Waals surface area contributed by atoms with E-state index in [1.165, 1.54) is 38.5 Å². The average molecular weight is 387 g/mol. The van der Waals surface area contributed by atoms with Crippen molar-refractivity contribution < 1.29 is 14.2 Å². The molecule has 0 radical (unpaired) electrons. The first-order valence-electron chi connectivity index (χ1n) is 10.5. The van der Waals surface area contributed by atoms with E-state index in [0.717, 1.165) is 23.4 Å². The van der Waals surface area contributed by atoms with Crippen molar-refractivity contribution >= 4 is 0 Å². The van der Waals surface area contributed by atoms with E-state index in [9.17, 15) is 0 Å². The van der Waals surface area contributed by atoms with Crippen LogP contribution in [-0.2, 0) is 4.74 Å². The minimum absolute atomic E-state index is 0.0687. The summed E-state index contributed by atoms with van der Waals surface area (Å²) in [5, 5.41) is 8.47. The van der Waals surface area contributed by atoms with Gasteiger partial charge >= 0.3 is 0 Å². The lowest BCUT2D eigenvalue weighted by atomic mass is 10.1. The number of hydrogen-bond acceptors (Lipinski definition) is 5. The van der Waals surface area contributed by atoms with E-state index in [0.29, 0.717) is 19.1 Å². The van der Waals surface area contributed by atoms with Gasteiger partial charge in [0.25, 0.3) is 0 Å². The van der Waals surface area contributed by atoms with Crippen LogP contribution in [0, 0.1) is 0 Å². The maximum Gasteiger partial charge on any atom is 0.233 e. The first-order valence-corrected chi connectivity index (χ1v) is 10.5. The van der Waals surface area contributed by atoms with Gasteiger partial charge in [-0.05, 0) is 43.7 Å². The van der Waals surface area contributed by atoms with Crippen molar-refractivity contribution in [3.05, 3.63) is 36.4 Å². The lowest BCUT2D eigenvalue weighted by Crippen LogP contribution is -2.15. The smallest absolute Gasteiger partial charge is 0.233 e. The molecule has 154 valence electrons. The first-order chi connectivity index (χ1) is 13.7. The van der Waals surface area contributed by atoms with Crippen molar-refractivity contribution in [2.45, 2.75) is 64.9 Å². The molecule has 1 aromatic heterocycles. The number of unbranched alkanes of at least 4 members (excludes halogenated alkanes) is 6. The number of ether oxygens (including phenoxy) is 3. The monoisotopic (exact) mass is 386 g/mol. The Bertz CT molecular complexity index is 644. The van der Waals surface area contributed by atoms with Crippen LogP contribution < -0.4 is 9.47 Å². The normalized spacial score (nSPS) is 12.0. The van der Waals surface area contributed by atoms with Gasteiger partial charge in [0.2, 0.25) is 5.88 Å². The third-order valence-electron chi connectivity index (χ3n) is 4.68. The number of methoxy groups -OCH3 is 1. The Hall–Kier alpha value is -2.14. The summed E-state index contributed by atoms with van der Waals surface area (Å²) in [4.78, 5) is 0. The Labute approximate surface area is 169 Å². The zero-order chi connectivity index (χ0) is 20.0. The highest BCUT2D eigenvalue weighted by molar-refractivity contribution is 5.59. The molecule has 0 saturated carbocycles. The quantitative estimate of drug-likeness (QED) is 0.391. The van der Waals surface area contributed by atoms with Gasteiger partial charge in [0, 0.05) is 18.7 Å². The molecule has 1 atom stereocenters. The van der Waals surface area contributed by atoms with E-state index in [-0.39, 0.29) is 6.10 Å². The van der Waals surface area contributed by atoms with Gasteiger partial charge in [-0.25, -0.2) is 0 Å². The van der Waals surface area contributed by atoms with Crippen LogP contribution in [0.25, 0.3) is 11.3 Å². The van der Waals surface area contributed by atoms with Gasteiger partial charge in [0.1, 0.15) is 12.4 Å². The molecule has 0 aliphatic rings. The summed E-state index contributed by atoms with van der Waals surface area (Å²) in [5.74, 6) is 1.40.